The molecule has 0 aromatic heterocycles. The van der Waals surface area contributed by atoms with Crippen LogP contribution in [0.2, 0.25) is 0 Å². The molecule has 4 nitrogen and oxygen atoms in total. The zero-order valence-electron chi connectivity index (χ0n) is 18.3. The molecular weight excluding hydrogens is 384 g/mol. The Morgan fingerprint density at radius 1 is 0.774 bits per heavy atom. The van der Waals surface area contributed by atoms with E-state index in [1.165, 1.54) is 10.5 Å². The summed E-state index contributed by atoms with van der Waals surface area (Å²) >= 11 is 0. The van der Waals surface area contributed by atoms with Crippen LogP contribution in [0.15, 0.2) is 84.6 Å². The van der Waals surface area contributed by atoms with Crippen molar-refractivity contribution in [3.05, 3.63) is 101 Å². The van der Waals surface area contributed by atoms with E-state index >= 15 is 0 Å². The smallest absolute Gasteiger partial charge is 0.282 e. The monoisotopic (exact) mass is 410 g/mol. The van der Waals surface area contributed by atoms with Gasteiger partial charge in [-0.25, -0.2) is 4.90 Å². The number of rotatable bonds is 4. The van der Waals surface area contributed by atoms with Crippen LogP contribution in [-0.4, -0.2) is 11.8 Å². The van der Waals surface area contributed by atoms with Gasteiger partial charge in [-0.15, -0.1) is 0 Å². The van der Waals surface area contributed by atoms with Crippen LogP contribution >= 0.6 is 0 Å². The molecule has 0 saturated carbocycles. The molecule has 2 amide bonds. The van der Waals surface area contributed by atoms with Gasteiger partial charge < -0.3 is 5.32 Å². The predicted octanol–water partition coefficient (Wildman–Crippen LogP) is 5.69. The Bertz CT molecular complexity index is 1170. The van der Waals surface area contributed by atoms with Gasteiger partial charge in [0.15, 0.2) is 0 Å². The van der Waals surface area contributed by atoms with Crippen molar-refractivity contribution in [1.82, 2.24) is 0 Å². The molecule has 1 aliphatic rings. The highest BCUT2D eigenvalue weighted by Crippen LogP contribution is 2.34. The summed E-state index contributed by atoms with van der Waals surface area (Å²) in [5.41, 5.74) is 4.95. The lowest BCUT2D eigenvalue weighted by atomic mass is 9.87. The number of benzene rings is 3. The summed E-state index contributed by atoms with van der Waals surface area (Å²) in [6.45, 7) is 8.41. The van der Waals surface area contributed by atoms with Crippen molar-refractivity contribution in [2.24, 2.45) is 0 Å². The molecule has 31 heavy (non-hydrogen) atoms. The number of amides is 2. The molecule has 3 aromatic carbocycles. The molecule has 0 saturated heterocycles. The molecule has 0 atom stereocenters. The van der Waals surface area contributed by atoms with Gasteiger partial charge in [-0.3, -0.25) is 9.59 Å². The van der Waals surface area contributed by atoms with E-state index in [0.29, 0.717) is 22.5 Å². The summed E-state index contributed by atoms with van der Waals surface area (Å²) in [6.07, 6.45) is 0. The first-order valence-electron chi connectivity index (χ1n) is 10.4. The lowest BCUT2D eigenvalue weighted by molar-refractivity contribution is -0.120. The van der Waals surface area contributed by atoms with Crippen molar-refractivity contribution in [2.45, 2.75) is 33.1 Å². The molecule has 0 fully saturated rings. The fourth-order valence-electron chi connectivity index (χ4n) is 3.72. The lowest BCUT2D eigenvalue weighted by Gasteiger charge is -2.19. The molecule has 0 bridgehead atoms. The van der Waals surface area contributed by atoms with Crippen molar-refractivity contribution in [1.29, 1.82) is 0 Å². The standard InChI is InChI=1S/C27H26N2O2/c1-18-9-8-12-22(17-18)29-25(30)23(19-10-6-5-7-11-19)24(26(29)31)28-21-15-13-20(14-16-21)27(2,3)4/h5-17,28H,1-4H3. The first kappa shape index (κ1) is 20.6. The molecular formula is C27H26N2O2. The largest absolute Gasteiger partial charge is 0.350 e. The van der Waals surface area contributed by atoms with E-state index in [9.17, 15) is 9.59 Å². The highest BCUT2D eigenvalue weighted by Gasteiger charge is 2.40. The third-order valence-electron chi connectivity index (χ3n) is 5.43. The number of aryl methyl sites for hydroxylation is 1. The van der Waals surface area contributed by atoms with Gasteiger partial charge in [0.25, 0.3) is 11.8 Å². The molecule has 3 aromatic rings. The van der Waals surface area contributed by atoms with E-state index < -0.39 is 0 Å². The second kappa shape index (κ2) is 7.88. The molecule has 4 heteroatoms. The minimum atomic E-state index is -0.352. The van der Waals surface area contributed by atoms with E-state index in [1.807, 2.05) is 79.7 Å². The van der Waals surface area contributed by atoms with E-state index in [-0.39, 0.29) is 17.2 Å². The number of imide groups is 1. The van der Waals surface area contributed by atoms with Gasteiger partial charge >= 0.3 is 0 Å². The van der Waals surface area contributed by atoms with Crippen molar-refractivity contribution < 1.29 is 9.59 Å². The molecule has 0 radical (unpaired) electrons. The van der Waals surface area contributed by atoms with Crippen LogP contribution in [0.3, 0.4) is 0 Å². The molecule has 1 N–H and O–H groups in total. The van der Waals surface area contributed by atoms with Crippen LogP contribution in [0.4, 0.5) is 11.4 Å². The van der Waals surface area contributed by atoms with Gasteiger partial charge in [0.1, 0.15) is 5.70 Å². The van der Waals surface area contributed by atoms with Gasteiger partial charge in [-0.2, -0.15) is 0 Å². The van der Waals surface area contributed by atoms with Crippen LogP contribution < -0.4 is 10.2 Å². The van der Waals surface area contributed by atoms with Crippen LogP contribution in [0, 0.1) is 6.92 Å². The van der Waals surface area contributed by atoms with Gasteiger partial charge in [-0.05, 0) is 53.3 Å². The highest BCUT2D eigenvalue weighted by molar-refractivity contribution is 6.46. The Hall–Kier alpha value is -3.66. The highest BCUT2D eigenvalue weighted by atomic mass is 16.2. The number of anilines is 2. The number of carbonyl (C=O) groups is 2. The summed E-state index contributed by atoms with van der Waals surface area (Å²) < 4.78 is 0. The average Bonchev–Trinajstić information content (AvgIpc) is 2.98. The summed E-state index contributed by atoms with van der Waals surface area (Å²) in [5, 5.41) is 3.23. The second-order valence-corrected chi connectivity index (χ2v) is 8.85. The van der Waals surface area contributed by atoms with Crippen molar-refractivity contribution in [2.75, 3.05) is 10.2 Å². The zero-order valence-corrected chi connectivity index (χ0v) is 18.3. The SMILES string of the molecule is Cc1cccc(N2C(=O)C(Nc3ccc(C(C)(C)C)cc3)=C(c3ccccc3)C2=O)c1. The van der Waals surface area contributed by atoms with Crippen molar-refractivity contribution in [3.8, 4) is 0 Å². The molecule has 0 unspecified atom stereocenters. The first-order valence-corrected chi connectivity index (χ1v) is 10.4. The normalized spacial score (nSPS) is 14.4. The van der Waals surface area contributed by atoms with Crippen LogP contribution in [0.5, 0.6) is 0 Å². The van der Waals surface area contributed by atoms with Crippen molar-refractivity contribution in [3.63, 3.8) is 0 Å². The topological polar surface area (TPSA) is 49.4 Å². The number of hydrogen-bond donors (Lipinski definition) is 1. The maximum atomic E-state index is 13.4. The van der Waals surface area contributed by atoms with Gasteiger partial charge in [0.2, 0.25) is 0 Å². The van der Waals surface area contributed by atoms with Gasteiger partial charge in [-0.1, -0.05) is 75.4 Å². The van der Waals surface area contributed by atoms with E-state index in [4.69, 9.17) is 0 Å². The number of hydrogen-bond acceptors (Lipinski definition) is 3. The molecule has 4 rings (SSSR count). The quantitative estimate of drug-likeness (QED) is 0.562. The summed E-state index contributed by atoms with van der Waals surface area (Å²) in [4.78, 5) is 28.1. The molecule has 1 aliphatic heterocycles. The molecule has 0 aliphatic carbocycles. The summed E-state index contributed by atoms with van der Waals surface area (Å²) in [7, 11) is 0. The van der Waals surface area contributed by atoms with Gasteiger partial charge in [0, 0.05) is 5.69 Å². The Balaban J connectivity index is 1.77. The Kier molecular flexibility index (Phi) is 5.24. The Morgan fingerprint density at radius 2 is 1.45 bits per heavy atom. The third-order valence-corrected chi connectivity index (χ3v) is 5.43. The molecule has 0 spiro atoms. The number of nitrogens with zero attached hydrogens (tertiary/aromatic N) is 1. The maximum Gasteiger partial charge on any atom is 0.282 e. The van der Waals surface area contributed by atoms with Gasteiger partial charge in [0.05, 0.1) is 11.3 Å². The maximum absolute atomic E-state index is 13.4. The Morgan fingerprint density at radius 3 is 2.06 bits per heavy atom. The number of nitrogens with one attached hydrogen (secondary N) is 1. The van der Waals surface area contributed by atoms with E-state index in [2.05, 4.69) is 26.1 Å². The number of carbonyl (C=O) groups excluding carboxylic acids is 2. The lowest BCUT2D eigenvalue weighted by Crippen LogP contribution is -2.32. The Labute approximate surface area is 183 Å². The van der Waals surface area contributed by atoms with E-state index in [1.54, 1.807) is 6.07 Å². The van der Waals surface area contributed by atoms with Crippen LogP contribution in [0.25, 0.3) is 5.57 Å². The minimum Gasteiger partial charge on any atom is -0.350 e. The molecule has 156 valence electrons. The van der Waals surface area contributed by atoms with Crippen molar-refractivity contribution >= 4 is 28.8 Å². The second-order valence-electron chi connectivity index (χ2n) is 8.85. The van der Waals surface area contributed by atoms with Crippen LogP contribution in [-0.2, 0) is 15.0 Å². The van der Waals surface area contributed by atoms with E-state index in [0.717, 1.165) is 11.3 Å². The molecule has 1 heterocycles. The fourth-order valence-corrected chi connectivity index (χ4v) is 3.72. The third kappa shape index (κ3) is 4.02. The average molecular weight is 411 g/mol. The zero-order chi connectivity index (χ0) is 22.2. The summed E-state index contributed by atoms with van der Waals surface area (Å²) in [5.74, 6) is -0.676. The fraction of sp³-hybridized carbons (Fsp3) is 0.185. The first-order chi connectivity index (χ1) is 14.8. The van der Waals surface area contributed by atoms with Crippen LogP contribution in [0.1, 0.15) is 37.5 Å². The predicted molar refractivity (Wildman–Crippen MR) is 126 cm³/mol. The minimum absolute atomic E-state index is 0.0358. The summed E-state index contributed by atoms with van der Waals surface area (Å²) in [6, 6.07) is 24.7.